The molecular weight excluding hydrogens is 297 g/mol. The maximum Gasteiger partial charge on any atom is 0.178 e. The first-order valence-corrected chi connectivity index (χ1v) is 6.19. The molecule has 0 amide bonds. The second kappa shape index (κ2) is 4.17. The molecule has 3 nitrogen and oxygen atoms in total. The van der Waals surface area contributed by atoms with Crippen LogP contribution in [-0.2, 0) is 7.05 Å². The summed E-state index contributed by atoms with van der Waals surface area (Å²) in [7, 11) is 1.89. The molecule has 3 rings (SSSR count). The van der Waals surface area contributed by atoms with Crippen molar-refractivity contribution < 1.29 is 4.39 Å². The van der Waals surface area contributed by atoms with Crippen molar-refractivity contribution in [1.82, 2.24) is 14.5 Å². The molecule has 0 atom stereocenters. The number of halogens is 2. The topological polar surface area (TPSA) is 30.7 Å². The van der Waals surface area contributed by atoms with Crippen molar-refractivity contribution in [3.63, 3.8) is 0 Å². The molecule has 2 heterocycles. The highest BCUT2D eigenvalue weighted by Gasteiger charge is 2.13. The lowest BCUT2D eigenvalue weighted by Crippen LogP contribution is -1.93. The Balaban J connectivity index is 2.31. The normalized spacial score (nSPS) is 11.1. The lowest BCUT2D eigenvalue weighted by molar-refractivity contribution is 0.628. The highest BCUT2D eigenvalue weighted by Crippen LogP contribution is 2.29. The molecule has 5 heteroatoms. The average Bonchev–Trinajstić information content (AvgIpc) is 2.71. The van der Waals surface area contributed by atoms with Crippen LogP contribution in [0.1, 0.15) is 0 Å². The molecule has 0 saturated heterocycles. The minimum Gasteiger partial charge on any atom is -0.326 e. The predicted octanol–water partition coefficient (Wildman–Crippen LogP) is 3.54. The SMILES string of the molecule is Cn1c(-c2cc(F)ccc2Br)nc2ncccc21. The molecule has 0 unspecified atom stereocenters. The Bertz CT molecular complexity index is 736. The van der Waals surface area contributed by atoms with Gasteiger partial charge >= 0.3 is 0 Å². The number of hydrogen-bond acceptors (Lipinski definition) is 2. The van der Waals surface area contributed by atoms with Gasteiger partial charge in [0.25, 0.3) is 0 Å². The summed E-state index contributed by atoms with van der Waals surface area (Å²) < 4.78 is 16.1. The minimum absolute atomic E-state index is 0.284. The number of imidazole rings is 1. The van der Waals surface area contributed by atoms with E-state index in [2.05, 4.69) is 25.9 Å². The van der Waals surface area contributed by atoms with Gasteiger partial charge in [0.05, 0.1) is 5.52 Å². The van der Waals surface area contributed by atoms with Crippen LogP contribution in [-0.4, -0.2) is 14.5 Å². The lowest BCUT2D eigenvalue weighted by atomic mass is 10.2. The zero-order valence-corrected chi connectivity index (χ0v) is 11.1. The van der Waals surface area contributed by atoms with E-state index in [1.807, 2.05) is 23.7 Å². The molecule has 0 aliphatic carbocycles. The van der Waals surface area contributed by atoms with Gasteiger partial charge in [0.1, 0.15) is 11.6 Å². The summed E-state index contributed by atoms with van der Waals surface area (Å²) in [6.07, 6.45) is 1.69. The van der Waals surface area contributed by atoms with E-state index < -0.39 is 0 Å². The third-order valence-electron chi connectivity index (χ3n) is 2.83. The van der Waals surface area contributed by atoms with Crippen LogP contribution < -0.4 is 0 Å². The zero-order valence-electron chi connectivity index (χ0n) is 9.56. The van der Waals surface area contributed by atoms with Gasteiger partial charge in [-0.25, -0.2) is 14.4 Å². The van der Waals surface area contributed by atoms with Crippen LogP contribution in [0.4, 0.5) is 4.39 Å². The van der Waals surface area contributed by atoms with Crippen molar-refractivity contribution in [2.45, 2.75) is 0 Å². The molecule has 0 N–H and O–H groups in total. The van der Waals surface area contributed by atoms with Crippen LogP contribution in [0.25, 0.3) is 22.6 Å². The summed E-state index contributed by atoms with van der Waals surface area (Å²) >= 11 is 3.42. The van der Waals surface area contributed by atoms with Crippen LogP contribution in [0.3, 0.4) is 0 Å². The first kappa shape index (κ1) is 11.3. The fourth-order valence-corrected chi connectivity index (χ4v) is 2.36. The minimum atomic E-state index is -0.284. The first-order chi connectivity index (χ1) is 8.66. The highest BCUT2D eigenvalue weighted by atomic mass is 79.9. The van der Waals surface area contributed by atoms with Gasteiger partial charge in [-0.2, -0.15) is 0 Å². The summed E-state index contributed by atoms with van der Waals surface area (Å²) in [6, 6.07) is 8.34. The molecule has 0 saturated carbocycles. The van der Waals surface area contributed by atoms with Gasteiger partial charge in [-0.1, -0.05) is 15.9 Å². The molecular formula is C13H9BrFN3. The fourth-order valence-electron chi connectivity index (χ4n) is 1.94. The van der Waals surface area contributed by atoms with Crippen LogP contribution in [0.2, 0.25) is 0 Å². The number of aryl methyl sites for hydroxylation is 1. The van der Waals surface area contributed by atoms with Crippen LogP contribution >= 0.6 is 15.9 Å². The Morgan fingerprint density at radius 2 is 2.11 bits per heavy atom. The van der Waals surface area contributed by atoms with Crippen LogP contribution in [0.5, 0.6) is 0 Å². The molecule has 2 aromatic heterocycles. The third-order valence-corrected chi connectivity index (χ3v) is 3.52. The predicted molar refractivity (Wildman–Crippen MR) is 71.6 cm³/mol. The van der Waals surface area contributed by atoms with E-state index >= 15 is 0 Å². The van der Waals surface area contributed by atoms with Crippen LogP contribution in [0, 0.1) is 5.82 Å². The maximum atomic E-state index is 13.3. The largest absolute Gasteiger partial charge is 0.326 e. The van der Waals surface area contributed by atoms with Crippen molar-refractivity contribution in [3.05, 3.63) is 46.8 Å². The molecule has 0 aliphatic rings. The van der Waals surface area contributed by atoms with E-state index in [1.165, 1.54) is 12.1 Å². The van der Waals surface area contributed by atoms with Gasteiger partial charge in [-0.3, -0.25) is 0 Å². The van der Waals surface area contributed by atoms with Gasteiger partial charge < -0.3 is 4.57 Å². The van der Waals surface area contributed by atoms with Crippen molar-refractivity contribution in [3.8, 4) is 11.4 Å². The van der Waals surface area contributed by atoms with E-state index in [4.69, 9.17) is 0 Å². The number of benzene rings is 1. The molecule has 0 aliphatic heterocycles. The van der Waals surface area contributed by atoms with Crippen molar-refractivity contribution in [1.29, 1.82) is 0 Å². The number of aromatic nitrogens is 3. The second-order valence-corrected chi connectivity index (χ2v) is 4.82. The standard InChI is InChI=1S/C13H9BrFN3/c1-18-11-3-2-6-16-12(11)17-13(18)9-7-8(15)4-5-10(9)14/h2-7H,1H3. The van der Waals surface area contributed by atoms with Gasteiger partial charge in [0.2, 0.25) is 0 Å². The van der Waals surface area contributed by atoms with E-state index in [9.17, 15) is 4.39 Å². The number of pyridine rings is 1. The quantitative estimate of drug-likeness (QED) is 0.688. The number of nitrogens with zero attached hydrogens (tertiary/aromatic N) is 3. The van der Waals surface area contributed by atoms with Crippen molar-refractivity contribution >= 4 is 27.1 Å². The van der Waals surface area contributed by atoms with Gasteiger partial charge in [-0.15, -0.1) is 0 Å². The molecule has 18 heavy (non-hydrogen) atoms. The molecule has 3 aromatic rings. The van der Waals surface area contributed by atoms with E-state index in [0.717, 1.165) is 15.6 Å². The van der Waals surface area contributed by atoms with Crippen molar-refractivity contribution in [2.24, 2.45) is 7.05 Å². The zero-order chi connectivity index (χ0) is 12.7. The Morgan fingerprint density at radius 3 is 2.89 bits per heavy atom. The average molecular weight is 306 g/mol. The summed E-state index contributed by atoms with van der Waals surface area (Å²) in [5, 5.41) is 0. The number of rotatable bonds is 1. The Morgan fingerprint density at radius 1 is 1.28 bits per heavy atom. The van der Waals surface area contributed by atoms with E-state index in [-0.39, 0.29) is 5.82 Å². The Kier molecular flexibility index (Phi) is 2.63. The molecule has 0 fully saturated rings. The van der Waals surface area contributed by atoms with Crippen molar-refractivity contribution in [2.75, 3.05) is 0 Å². The first-order valence-electron chi connectivity index (χ1n) is 5.39. The highest BCUT2D eigenvalue weighted by molar-refractivity contribution is 9.10. The summed E-state index contributed by atoms with van der Waals surface area (Å²) in [5.41, 5.74) is 2.30. The van der Waals surface area contributed by atoms with E-state index in [1.54, 1.807) is 12.3 Å². The van der Waals surface area contributed by atoms with Gasteiger partial charge in [-0.05, 0) is 30.3 Å². The molecule has 0 radical (unpaired) electrons. The molecule has 0 spiro atoms. The monoisotopic (exact) mass is 305 g/mol. The smallest absolute Gasteiger partial charge is 0.178 e. The van der Waals surface area contributed by atoms with Gasteiger partial charge in [0, 0.05) is 23.3 Å². The summed E-state index contributed by atoms with van der Waals surface area (Å²) in [5.74, 6) is 0.406. The maximum absolute atomic E-state index is 13.3. The lowest BCUT2D eigenvalue weighted by Gasteiger charge is -2.04. The summed E-state index contributed by atoms with van der Waals surface area (Å²) in [6.45, 7) is 0. The number of hydrogen-bond donors (Lipinski definition) is 0. The Labute approximate surface area is 111 Å². The summed E-state index contributed by atoms with van der Waals surface area (Å²) in [4.78, 5) is 8.64. The fraction of sp³-hybridized carbons (Fsp3) is 0.0769. The molecule has 0 bridgehead atoms. The molecule has 1 aromatic carbocycles. The third kappa shape index (κ3) is 1.71. The molecule has 90 valence electrons. The van der Waals surface area contributed by atoms with Gasteiger partial charge in [0.15, 0.2) is 5.65 Å². The van der Waals surface area contributed by atoms with Crippen LogP contribution in [0.15, 0.2) is 41.0 Å². The second-order valence-electron chi connectivity index (χ2n) is 3.96. The van der Waals surface area contributed by atoms with E-state index in [0.29, 0.717) is 11.5 Å². The number of fused-ring (bicyclic) bond motifs is 1. The Hall–Kier alpha value is -1.75.